The largest absolute Gasteiger partial charge is 0.327 e. The molecular formula is C12H22N2O. The maximum Gasteiger partial charge on any atom is 0.223 e. The van der Waals surface area contributed by atoms with Crippen LogP contribution in [0.3, 0.4) is 0 Å². The van der Waals surface area contributed by atoms with Crippen molar-refractivity contribution in [2.75, 3.05) is 6.54 Å². The Morgan fingerprint density at radius 1 is 1.53 bits per heavy atom. The van der Waals surface area contributed by atoms with Gasteiger partial charge in [-0.15, -0.1) is 0 Å². The summed E-state index contributed by atoms with van der Waals surface area (Å²) < 4.78 is 0. The summed E-state index contributed by atoms with van der Waals surface area (Å²) in [6.45, 7) is 8.81. The lowest BCUT2D eigenvalue weighted by Crippen LogP contribution is -2.35. The first-order valence-corrected chi connectivity index (χ1v) is 5.84. The van der Waals surface area contributed by atoms with Crippen molar-refractivity contribution in [1.29, 1.82) is 5.26 Å². The highest BCUT2D eigenvalue weighted by molar-refractivity contribution is 5.77. The molecule has 0 spiro atoms. The van der Waals surface area contributed by atoms with Crippen LogP contribution in [0.15, 0.2) is 0 Å². The molecule has 0 bridgehead atoms. The zero-order valence-corrected chi connectivity index (χ0v) is 10.3. The average Bonchev–Trinajstić information content (AvgIpc) is 2.67. The molecule has 0 aliphatic carbocycles. The summed E-state index contributed by atoms with van der Waals surface area (Å²) in [4.78, 5) is 13.3. The van der Waals surface area contributed by atoms with Gasteiger partial charge in [0.1, 0.15) is 6.04 Å². The minimum atomic E-state index is -0.161. The van der Waals surface area contributed by atoms with Crippen LogP contribution in [0.5, 0.6) is 0 Å². The van der Waals surface area contributed by atoms with Crippen molar-refractivity contribution in [2.24, 2.45) is 5.92 Å². The van der Waals surface area contributed by atoms with E-state index in [1.54, 1.807) is 4.90 Å². The molecule has 1 rings (SSSR count). The first-order chi connectivity index (χ1) is 7.15. The van der Waals surface area contributed by atoms with Crippen molar-refractivity contribution >= 4 is 5.91 Å². The van der Waals surface area contributed by atoms with Gasteiger partial charge in [0, 0.05) is 13.0 Å². The van der Waals surface area contributed by atoms with Crippen LogP contribution in [0.2, 0.25) is 0 Å². The number of carbonyl (C=O) groups is 1. The minimum Gasteiger partial charge on any atom is -0.327 e. The van der Waals surface area contributed by atoms with Crippen LogP contribution < -0.4 is 0 Å². The van der Waals surface area contributed by atoms with Crippen LogP contribution >= 0.6 is 0 Å². The van der Waals surface area contributed by atoms with Gasteiger partial charge in [-0.1, -0.05) is 27.7 Å². The zero-order valence-electron chi connectivity index (χ0n) is 10.3. The number of nitrogens with zero attached hydrogens (tertiary/aromatic N) is 2. The molecule has 1 unspecified atom stereocenters. The second kappa shape index (κ2) is 7.28. The van der Waals surface area contributed by atoms with Crippen LogP contribution in [0.25, 0.3) is 0 Å². The van der Waals surface area contributed by atoms with Gasteiger partial charge in [-0.3, -0.25) is 4.79 Å². The molecule has 3 heteroatoms. The van der Waals surface area contributed by atoms with E-state index in [2.05, 4.69) is 6.07 Å². The molecule has 1 heterocycles. The Kier molecular flexibility index (Phi) is 6.77. The summed E-state index contributed by atoms with van der Waals surface area (Å²) in [6, 6.07) is 2.01. The summed E-state index contributed by atoms with van der Waals surface area (Å²) in [5.41, 5.74) is 0. The maximum absolute atomic E-state index is 11.6. The molecule has 1 atom stereocenters. The van der Waals surface area contributed by atoms with Crippen LogP contribution in [0.1, 0.15) is 47.0 Å². The molecule has 1 saturated heterocycles. The zero-order chi connectivity index (χ0) is 11.8. The topological polar surface area (TPSA) is 44.1 Å². The fourth-order valence-corrected chi connectivity index (χ4v) is 1.67. The standard InChI is InChI=1S/C10H16N2O.C2H6/c1-8(2)6-10(13)12-5-3-4-9(12)7-11;1-2/h8-9H,3-6H2,1-2H3;1-2H3. The van der Waals surface area contributed by atoms with Gasteiger partial charge in [0.05, 0.1) is 6.07 Å². The van der Waals surface area contributed by atoms with Crippen LogP contribution in [-0.2, 0) is 4.79 Å². The minimum absolute atomic E-state index is 0.138. The molecule has 1 fully saturated rings. The number of nitriles is 1. The smallest absolute Gasteiger partial charge is 0.223 e. The number of amides is 1. The van der Waals surface area contributed by atoms with Crippen LogP contribution in [0, 0.1) is 17.2 Å². The monoisotopic (exact) mass is 210 g/mol. The van der Waals surface area contributed by atoms with E-state index in [0.29, 0.717) is 12.3 Å². The van der Waals surface area contributed by atoms with Crippen LogP contribution in [0.4, 0.5) is 0 Å². The van der Waals surface area contributed by atoms with Gasteiger partial charge in [-0.05, 0) is 18.8 Å². The lowest BCUT2D eigenvalue weighted by Gasteiger charge is -2.20. The first-order valence-electron chi connectivity index (χ1n) is 5.84. The van der Waals surface area contributed by atoms with Crippen molar-refractivity contribution in [2.45, 2.75) is 53.0 Å². The molecule has 0 aromatic rings. The Balaban J connectivity index is 0.000000921. The number of likely N-dealkylation sites (tertiary alicyclic amines) is 1. The third kappa shape index (κ3) is 4.33. The highest BCUT2D eigenvalue weighted by Gasteiger charge is 2.28. The molecule has 0 radical (unpaired) electrons. The van der Waals surface area contributed by atoms with E-state index in [1.807, 2.05) is 27.7 Å². The number of hydrogen-bond donors (Lipinski definition) is 0. The molecular weight excluding hydrogens is 188 g/mol. The molecule has 1 aliphatic rings. The Hall–Kier alpha value is -1.04. The van der Waals surface area contributed by atoms with E-state index in [9.17, 15) is 4.79 Å². The van der Waals surface area contributed by atoms with E-state index in [1.165, 1.54) is 0 Å². The van der Waals surface area contributed by atoms with Gasteiger partial charge in [0.25, 0.3) is 0 Å². The summed E-state index contributed by atoms with van der Waals surface area (Å²) in [7, 11) is 0. The quantitative estimate of drug-likeness (QED) is 0.703. The predicted octanol–water partition coefficient (Wildman–Crippen LogP) is 2.57. The molecule has 3 nitrogen and oxygen atoms in total. The third-order valence-electron chi connectivity index (χ3n) is 2.31. The van der Waals surface area contributed by atoms with Crippen molar-refractivity contribution in [1.82, 2.24) is 4.90 Å². The van der Waals surface area contributed by atoms with E-state index in [4.69, 9.17) is 5.26 Å². The van der Waals surface area contributed by atoms with E-state index in [0.717, 1.165) is 19.4 Å². The second-order valence-electron chi connectivity index (χ2n) is 3.97. The van der Waals surface area contributed by atoms with Crippen molar-refractivity contribution in [3.8, 4) is 6.07 Å². The third-order valence-corrected chi connectivity index (χ3v) is 2.31. The van der Waals surface area contributed by atoms with Crippen molar-refractivity contribution in [3.63, 3.8) is 0 Å². The number of carbonyl (C=O) groups excluding carboxylic acids is 1. The Labute approximate surface area is 93.1 Å². The Bertz CT molecular complexity index is 230. The lowest BCUT2D eigenvalue weighted by atomic mass is 10.1. The Morgan fingerprint density at radius 2 is 2.13 bits per heavy atom. The summed E-state index contributed by atoms with van der Waals surface area (Å²) in [6.07, 6.45) is 2.39. The molecule has 0 saturated carbocycles. The molecule has 0 N–H and O–H groups in total. The van der Waals surface area contributed by atoms with E-state index < -0.39 is 0 Å². The van der Waals surface area contributed by atoms with Gasteiger partial charge < -0.3 is 4.90 Å². The number of rotatable bonds is 2. The average molecular weight is 210 g/mol. The highest BCUT2D eigenvalue weighted by atomic mass is 16.2. The van der Waals surface area contributed by atoms with E-state index in [-0.39, 0.29) is 11.9 Å². The van der Waals surface area contributed by atoms with Gasteiger partial charge in [0.2, 0.25) is 5.91 Å². The van der Waals surface area contributed by atoms with Crippen molar-refractivity contribution in [3.05, 3.63) is 0 Å². The summed E-state index contributed by atoms with van der Waals surface area (Å²) in [5, 5.41) is 8.78. The summed E-state index contributed by atoms with van der Waals surface area (Å²) >= 11 is 0. The van der Waals surface area contributed by atoms with E-state index >= 15 is 0 Å². The van der Waals surface area contributed by atoms with Gasteiger partial charge >= 0.3 is 0 Å². The van der Waals surface area contributed by atoms with Gasteiger partial charge in [0.15, 0.2) is 0 Å². The predicted molar refractivity (Wildman–Crippen MR) is 61.2 cm³/mol. The lowest BCUT2D eigenvalue weighted by molar-refractivity contribution is -0.131. The molecule has 0 aromatic heterocycles. The molecule has 15 heavy (non-hydrogen) atoms. The molecule has 86 valence electrons. The maximum atomic E-state index is 11.6. The Morgan fingerprint density at radius 3 is 2.60 bits per heavy atom. The van der Waals surface area contributed by atoms with Gasteiger partial charge in [-0.2, -0.15) is 5.26 Å². The first kappa shape index (κ1) is 14.0. The fourth-order valence-electron chi connectivity index (χ4n) is 1.67. The normalized spacial score (nSPS) is 19.5. The molecule has 1 aliphatic heterocycles. The summed E-state index contributed by atoms with van der Waals surface area (Å²) in [5.74, 6) is 0.520. The van der Waals surface area contributed by atoms with Crippen LogP contribution in [-0.4, -0.2) is 23.4 Å². The SMILES string of the molecule is CC.CC(C)CC(=O)N1CCCC1C#N. The van der Waals surface area contributed by atoms with Crippen molar-refractivity contribution < 1.29 is 4.79 Å². The number of hydrogen-bond acceptors (Lipinski definition) is 2. The highest BCUT2D eigenvalue weighted by Crippen LogP contribution is 2.18. The van der Waals surface area contributed by atoms with Gasteiger partial charge in [-0.25, -0.2) is 0 Å². The molecule has 1 amide bonds. The fraction of sp³-hybridized carbons (Fsp3) is 0.833. The molecule has 0 aromatic carbocycles. The second-order valence-corrected chi connectivity index (χ2v) is 3.97.